The van der Waals surface area contributed by atoms with E-state index < -0.39 is 36.3 Å². The molecule has 6 heteroatoms. The van der Waals surface area contributed by atoms with Crippen LogP contribution in [0.25, 0.3) is 0 Å². The standard InChI is InChI=1S/C18H20O6/c19-14(15(20)16(21)17(22)18(23)24)13(11-7-3-1-4-8-11)12-9-5-2-6-10-12/h1-10,13-17,19-22H,(H,23,24). The number of aliphatic hydroxyl groups is 4. The quantitative estimate of drug-likeness (QED) is 0.499. The molecule has 0 aliphatic rings. The highest BCUT2D eigenvalue weighted by atomic mass is 16.4. The third kappa shape index (κ3) is 3.98. The zero-order valence-electron chi connectivity index (χ0n) is 12.8. The number of rotatable bonds is 7. The lowest BCUT2D eigenvalue weighted by atomic mass is 9.82. The fraction of sp³-hybridized carbons (Fsp3) is 0.278. The van der Waals surface area contributed by atoms with E-state index in [0.717, 1.165) is 0 Å². The van der Waals surface area contributed by atoms with Crippen molar-refractivity contribution < 1.29 is 30.3 Å². The molecular formula is C18H20O6. The van der Waals surface area contributed by atoms with Crippen LogP contribution in [-0.4, -0.2) is 55.9 Å². The van der Waals surface area contributed by atoms with Crippen LogP contribution >= 0.6 is 0 Å². The molecule has 0 fully saturated rings. The van der Waals surface area contributed by atoms with Gasteiger partial charge < -0.3 is 25.5 Å². The molecule has 0 amide bonds. The first-order valence-corrected chi connectivity index (χ1v) is 7.48. The first-order valence-electron chi connectivity index (χ1n) is 7.48. The predicted octanol–water partition coefficient (Wildman–Crippen LogP) is 0.347. The number of hydrogen-bond acceptors (Lipinski definition) is 5. The Morgan fingerprint density at radius 3 is 1.46 bits per heavy atom. The Morgan fingerprint density at radius 1 is 0.667 bits per heavy atom. The van der Waals surface area contributed by atoms with E-state index in [9.17, 15) is 25.2 Å². The molecule has 0 saturated carbocycles. The molecule has 2 aromatic carbocycles. The Kier molecular flexibility index (Phi) is 6.05. The van der Waals surface area contributed by atoms with E-state index in [0.29, 0.717) is 11.1 Å². The summed E-state index contributed by atoms with van der Waals surface area (Å²) in [6.07, 6.45) is -7.57. The first kappa shape index (κ1) is 18.1. The summed E-state index contributed by atoms with van der Waals surface area (Å²) in [5.74, 6) is -2.37. The Labute approximate surface area is 139 Å². The van der Waals surface area contributed by atoms with Crippen molar-refractivity contribution in [2.24, 2.45) is 0 Å². The monoisotopic (exact) mass is 332 g/mol. The Balaban J connectivity index is 2.35. The topological polar surface area (TPSA) is 118 Å². The van der Waals surface area contributed by atoms with Crippen molar-refractivity contribution in [1.82, 2.24) is 0 Å². The number of carbonyl (C=O) groups is 1. The first-order chi connectivity index (χ1) is 11.4. The summed E-state index contributed by atoms with van der Waals surface area (Å²) in [6.45, 7) is 0. The fourth-order valence-corrected chi connectivity index (χ4v) is 2.64. The molecule has 0 heterocycles. The van der Waals surface area contributed by atoms with Gasteiger partial charge in [-0.2, -0.15) is 0 Å². The van der Waals surface area contributed by atoms with Crippen molar-refractivity contribution >= 4 is 5.97 Å². The Hall–Kier alpha value is -2.25. The average molecular weight is 332 g/mol. The maximum atomic E-state index is 10.8. The highest BCUT2D eigenvalue weighted by molar-refractivity contribution is 5.72. The van der Waals surface area contributed by atoms with Crippen LogP contribution in [-0.2, 0) is 4.79 Å². The van der Waals surface area contributed by atoms with E-state index in [1.54, 1.807) is 60.7 Å². The van der Waals surface area contributed by atoms with Gasteiger partial charge in [0.25, 0.3) is 0 Å². The van der Waals surface area contributed by atoms with Crippen molar-refractivity contribution in [3.8, 4) is 0 Å². The highest BCUT2D eigenvalue weighted by Crippen LogP contribution is 2.30. The van der Waals surface area contributed by atoms with Crippen LogP contribution in [0.4, 0.5) is 0 Å². The zero-order chi connectivity index (χ0) is 17.7. The number of hydrogen-bond donors (Lipinski definition) is 5. The van der Waals surface area contributed by atoms with E-state index in [1.807, 2.05) is 0 Å². The average Bonchev–Trinajstić information content (AvgIpc) is 2.61. The van der Waals surface area contributed by atoms with Crippen LogP contribution in [0.2, 0.25) is 0 Å². The number of aliphatic hydroxyl groups excluding tert-OH is 4. The molecule has 2 rings (SSSR count). The van der Waals surface area contributed by atoms with E-state index in [2.05, 4.69) is 0 Å². The van der Waals surface area contributed by atoms with Crippen LogP contribution in [0.5, 0.6) is 0 Å². The zero-order valence-corrected chi connectivity index (χ0v) is 12.8. The minimum Gasteiger partial charge on any atom is -0.479 e. The number of benzene rings is 2. The second kappa shape index (κ2) is 8.03. The second-order valence-electron chi connectivity index (χ2n) is 5.55. The van der Waals surface area contributed by atoms with Crippen LogP contribution < -0.4 is 0 Å². The molecule has 0 aliphatic carbocycles. The third-order valence-corrected chi connectivity index (χ3v) is 3.94. The van der Waals surface area contributed by atoms with Crippen molar-refractivity contribution in [3.63, 3.8) is 0 Å². The van der Waals surface area contributed by atoms with Gasteiger partial charge in [0.15, 0.2) is 6.10 Å². The minimum absolute atomic E-state index is 0.687. The molecule has 0 bridgehead atoms. The molecule has 0 saturated heterocycles. The lowest BCUT2D eigenvalue weighted by Gasteiger charge is -2.31. The molecule has 128 valence electrons. The van der Waals surface area contributed by atoms with Crippen LogP contribution in [0.15, 0.2) is 60.7 Å². The van der Waals surface area contributed by atoms with Gasteiger partial charge in [-0.3, -0.25) is 0 Å². The van der Waals surface area contributed by atoms with Crippen molar-refractivity contribution in [2.45, 2.75) is 30.3 Å². The summed E-state index contributed by atoms with van der Waals surface area (Å²) in [5, 5.41) is 48.7. The largest absolute Gasteiger partial charge is 0.479 e. The lowest BCUT2D eigenvalue weighted by Crippen LogP contribution is -2.49. The SMILES string of the molecule is O=C(O)C(O)C(O)C(O)C(O)C(c1ccccc1)c1ccccc1. The summed E-state index contributed by atoms with van der Waals surface area (Å²) in [6, 6.07) is 17.7. The van der Waals surface area contributed by atoms with E-state index in [4.69, 9.17) is 5.11 Å². The van der Waals surface area contributed by atoms with Gasteiger partial charge in [-0.15, -0.1) is 0 Å². The fourth-order valence-electron chi connectivity index (χ4n) is 2.64. The molecule has 4 atom stereocenters. The molecule has 4 unspecified atom stereocenters. The Morgan fingerprint density at radius 2 is 1.08 bits per heavy atom. The lowest BCUT2D eigenvalue weighted by molar-refractivity contribution is -0.163. The van der Waals surface area contributed by atoms with Crippen LogP contribution in [0.1, 0.15) is 17.0 Å². The van der Waals surface area contributed by atoms with Crippen molar-refractivity contribution in [3.05, 3.63) is 71.8 Å². The number of carboxylic acids is 1. The molecule has 0 aliphatic heterocycles. The summed E-state index contributed by atoms with van der Waals surface area (Å²) >= 11 is 0. The minimum atomic E-state index is -2.19. The highest BCUT2D eigenvalue weighted by Gasteiger charge is 2.38. The molecule has 0 radical (unpaired) electrons. The van der Waals surface area contributed by atoms with Gasteiger partial charge in [0.2, 0.25) is 0 Å². The van der Waals surface area contributed by atoms with E-state index in [-0.39, 0.29) is 0 Å². The molecule has 24 heavy (non-hydrogen) atoms. The number of carboxylic acid groups (broad SMARTS) is 1. The smallest absolute Gasteiger partial charge is 0.335 e. The van der Waals surface area contributed by atoms with Gasteiger partial charge in [0.05, 0.1) is 6.10 Å². The van der Waals surface area contributed by atoms with Gasteiger partial charge >= 0.3 is 5.97 Å². The normalized spacial score (nSPS) is 16.4. The molecule has 0 aromatic heterocycles. The van der Waals surface area contributed by atoms with Crippen LogP contribution in [0.3, 0.4) is 0 Å². The summed E-state index contributed by atoms with van der Waals surface area (Å²) in [4.78, 5) is 10.8. The van der Waals surface area contributed by atoms with Gasteiger partial charge in [-0.05, 0) is 11.1 Å². The van der Waals surface area contributed by atoms with E-state index in [1.165, 1.54) is 0 Å². The van der Waals surface area contributed by atoms with Gasteiger partial charge in [-0.25, -0.2) is 4.79 Å². The van der Waals surface area contributed by atoms with Crippen LogP contribution in [0, 0.1) is 0 Å². The molecule has 2 aromatic rings. The van der Waals surface area contributed by atoms with Gasteiger partial charge in [0.1, 0.15) is 12.2 Å². The van der Waals surface area contributed by atoms with E-state index >= 15 is 0 Å². The third-order valence-electron chi connectivity index (χ3n) is 3.94. The Bertz CT molecular complexity index is 606. The maximum absolute atomic E-state index is 10.8. The van der Waals surface area contributed by atoms with Crippen molar-refractivity contribution in [2.75, 3.05) is 0 Å². The molecule has 0 spiro atoms. The predicted molar refractivity (Wildman–Crippen MR) is 86.4 cm³/mol. The summed E-state index contributed by atoms with van der Waals surface area (Å²) in [7, 11) is 0. The summed E-state index contributed by atoms with van der Waals surface area (Å²) in [5.41, 5.74) is 1.37. The molecule has 5 N–H and O–H groups in total. The van der Waals surface area contributed by atoms with Gasteiger partial charge in [0, 0.05) is 5.92 Å². The second-order valence-corrected chi connectivity index (χ2v) is 5.55. The maximum Gasteiger partial charge on any atom is 0.335 e. The number of aliphatic carboxylic acids is 1. The summed E-state index contributed by atoms with van der Waals surface area (Å²) < 4.78 is 0. The molecular weight excluding hydrogens is 312 g/mol. The molecule has 6 nitrogen and oxygen atoms in total. The van der Waals surface area contributed by atoms with Crippen molar-refractivity contribution in [1.29, 1.82) is 0 Å². The van der Waals surface area contributed by atoms with Gasteiger partial charge in [-0.1, -0.05) is 60.7 Å².